The summed E-state index contributed by atoms with van der Waals surface area (Å²) in [6.07, 6.45) is 4.75. The predicted molar refractivity (Wildman–Crippen MR) is 117 cm³/mol. The van der Waals surface area contributed by atoms with Crippen molar-refractivity contribution in [2.24, 2.45) is 5.92 Å². The first-order valence-corrected chi connectivity index (χ1v) is 10.3. The van der Waals surface area contributed by atoms with E-state index in [4.69, 9.17) is 0 Å². The Balaban J connectivity index is 1.38. The van der Waals surface area contributed by atoms with Gasteiger partial charge >= 0.3 is 0 Å². The van der Waals surface area contributed by atoms with Gasteiger partial charge in [0.05, 0.1) is 11.3 Å². The van der Waals surface area contributed by atoms with Crippen LogP contribution in [-0.4, -0.2) is 28.9 Å². The summed E-state index contributed by atoms with van der Waals surface area (Å²) >= 11 is 0. The maximum Gasteiger partial charge on any atom is 0.254 e. The molecule has 4 rings (SSSR count). The Labute approximate surface area is 177 Å². The van der Waals surface area contributed by atoms with Gasteiger partial charge in [0.25, 0.3) is 5.91 Å². The molecular weight excluding hydrogens is 372 g/mol. The zero-order valence-electron chi connectivity index (χ0n) is 16.8. The lowest BCUT2D eigenvalue weighted by atomic mass is 9.90. The lowest BCUT2D eigenvalue weighted by Gasteiger charge is -2.32. The van der Waals surface area contributed by atoms with E-state index in [1.165, 1.54) is 5.56 Å². The number of likely N-dealkylation sites (tertiary alicyclic amines) is 1. The first kappa shape index (κ1) is 19.7. The number of para-hydroxylation sites is 1. The van der Waals surface area contributed by atoms with Crippen LogP contribution in [0.4, 0.5) is 11.5 Å². The minimum Gasteiger partial charge on any atom is -0.339 e. The van der Waals surface area contributed by atoms with Crippen LogP contribution in [0.25, 0.3) is 0 Å². The number of nitrogens with one attached hydrogen (secondary N) is 1. The van der Waals surface area contributed by atoms with E-state index in [0.29, 0.717) is 28.6 Å². The fourth-order valence-electron chi connectivity index (χ4n) is 3.93. The molecule has 0 atom stereocenters. The van der Waals surface area contributed by atoms with Crippen LogP contribution in [0.15, 0.2) is 72.9 Å². The third-order valence-corrected chi connectivity index (χ3v) is 5.59. The fraction of sp³-hybridized carbons (Fsp3) is 0.240. The van der Waals surface area contributed by atoms with Crippen molar-refractivity contribution in [2.45, 2.75) is 19.3 Å². The fourth-order valence-corrected chi connectivity index (χ4v) is 3.93. The molecule has 30 heavy (non-hydrogen) atoms. The van der Waals surface area contributed by atoms with Crippen molar-refractivity contribution < 1.29 is 4.79 Å². The summed E-state index contributed by atoms with van der Waals surface area (Å²) in [4.78, 5) is 19.3. The predicted octanol–water partition coefficient (Wildman–Crippen LogP) is 4.79. The number of hydrogen-bond acceptors (Lipinski definition) is 4. The van der Waals surface area contributed by atoms with E-state index < -0.39 is 0 Å². The molecular formula is C25H24N4O. The Bertz CT molecular complexity index is 1050. The maximum atomic E-state index is 13.0. The Morgan fingerprint density at radius 1 is 1.07 bits per heavy atom. The van der Waals surface area contributed by atoms with E-state index in [-0.39, 0.29) is 5.91 Å². The van der Waals surface area contributed by atoms with Gasteiger partial charge < -0.3 is 10.2 Å². The quantitative estimate of drug-likeness (QED) is 0.673. The van der Waals surface area contributed by atoms with Crippen molar-refractivity contribution in [2.75, 3.05) is 18.4 Å². The van der Waals surface area contributed by atoms with Crippen molar-refractivity contribution in [3.05, 3.63) is 89.6 Å². The number of hydrogen-bond donors (Lipinski definition) is 1. The van der Waals surface area contributed by atoms with E-state index >= 15 is 0 Å². The second-order valence-corrected chi connectivity index (χ2v) is 7.64. The van der Waals surface area contributed by atoms with Gasteiger partial charge in [0.2, 0.25) is 0 Å². The van der Waals surface area contributed by atoms with Gasteiger partial charge in [-0.2, -0.15) is 5.26 Å². The molecule has 5 nitrogen and oxygen atoms in total. The number of anilines is 2. The van der Waals surface area contributed by atoms with Gasteiger partial charge in [-0.15, -0.1) is 0 Å². The van der Waals surface area contributed by atoms with E-state index in [9.17, 15) is 10.1 Å². The summed E-state index contributed by atoms with van der Waals surface area (Å²) in [5, 5.41) is 12.4. The first-order chi connectivity index (χ1) is 14.7. The van der Waals surface area contributed by atoms with E-state index in [0.717, 1.165) is 32.4 Å². The average molecular weight is 396 g/mol. The van der Waals surface area contributed by atoms with Crippen LogP contribution in [0.2, 0.25) is 0 Å². The van der Waals surface area contributed by atoms with E-state index in [1.54, 1.807) is 24.4 Å². The minimum absolute atomic E-state index is 0.0344. The van der Waals surface area contributed by atoms with Crippen LogP contribution in [0.5, 0.6) is 0 Å². The van der Waals surface area contributed by atoms with Crippen molar-refractivity contribution in [1.82, 2.24) is 9.88 Å². The van der Waals surface area contributed by atoms with Gasteiger partial charge in [-0.3, -0.25) is 4.79 Å². The number of rotatable bonds is 5. The SMILES string of the molecule is N#Cc1ccccc1Nc1cc(C(=O)N2CCC(Cc3ccccc3)CC2)ccn1. The van der Waals surface area contributed by atoms with Crippen LogP contribution in [-0.2, 0) is 6.42 Å². The number of aromatic nitrogens is 1. The third-order valence-electron chi connectivity index (χ3n) is 5.59. The van der Waals surface area contributed by atoms with Gasteiger partial charge in [-0.05, 0) is 55.0 Å². The van der Waals surface area contributed by atoms with Gasteiger partial charge in [-0.25, -0.2) is 4.98 Å². The molecule has 0 radical (unpaired) electrons. The number of amides is 1. The molecule has 0 aliphatic carbocycles. The zero-order valence-corrected chi connectivity index (χ0v) is 16.8. The molecule has 0 bridgehead atoms. The number of pyridine rings is 1. The van der Waals surface area contributed by atoms with Crippen molar-refractivity contribution in [1.29, 1.82) is 5.26 Å². The highest BCUT2D eigenvalue weighted by Crippen LogP contribution is 2.24. The molecule has 0 unspecified atom stereocenters. The van der Waals surface area contributed by atoms with Gasteiger partial charge in [0, 0.05) is 24.8 Å². The second-order valence-electron chi connectivity index (χ2n) is 7.64. The average Bonchev–Trinajstić information content (AvgIpc) is 2.80. The highest BCUT2D eigenvalue weighted by molar-refractivity contribution is 5.95. The maximum absolute atomic E-state index is 13.0. The molecule has 1 N–H and O–H groups in total. The van der Waals surface area contributed by atoms with Crippen molar-refractivity contribution in [3.63, 3.8) is 0 Å². The van der Waals surface area contributed by atoms with Crippen LogP contribution >= 0.6 is 0 Å². The zero-order chi connectivity index (χ0) is 20.8. The largest absolute Gasteiger partial charge is 0.339 e. The van der Waals surface area contributed by atoms with Crippen LogP contribution in [0.3, 0.4) is 0 Å². The number of nitrogens with zero attached hydrogens (tertiary/aromatic N) is 3. The number of carbonyl (C=O) groups excluding carboxylic acids is 1. The molecule has 1 aliphatic heterocycles. The molecule has 1 amide bonds. The molecule has 0 saturated carbocycles. The molecule has 0 spiro atoms. The molecule has 5 heteroatoms. The van der Waals surface area contributed by atoms with Crippen molar-refractivity contribution in [3.8, 4) is 6.07 Å². The third kappa shape index (κ3) is 4.66. The second kappa shape index (κ2) is 9.23. The standard InChI is InChI=1S/C25H24N4O/c26-18-22-8-4-5-9-23(22)28-24-17-21(10-13-27-24)25(30)29-14-11-20(12-15-29)16-19-6-2-1-3-7-19/h1-10,13,17,20H,11-12,14-16H2,(H,27,28). The summed E-state index contributed by atoms with van der Waals surface area (Å²) in [6, 6.07) is 23.5. The highest BCUT2D eigenvalue weighted by atomic mass is 16.2. The lowest BCUT2D eigenvalue weighted by molar-refractivity contribution is 0.0690. The Hall–Kier alpha value is -3.65. The summed E-state index contributed by atoms with van der Waals surface area (Å²) in [6.45, 7) is 1.55. The van der Waals surface area contributed by atoms with Crippen molar-refractivity contribution >= 4 is 17.4 Å². The van der Waals surface area contributed by atoms with Crippen LogP contribution in [0, 0.1) is 17.2 Å². The first-order valence-electron chi connectivity index (χ1n) is 10.3. The lowest BCUT2D eigenvalue weighted by Crippen LogP contribution is -2.38. The molecule has 1 fully saturated rings. The smallest absolute Gasteiger partial charge is 0.254 e. The Morgan fingerprint density at radius 3 is 2.57 bits per heavy atom. The molecule has 1 aliphatic rings. The molecule has 1 saturated heterocycles. The highest BCUT2D eigenvalue weighted by Gasteiger charge is 2.24. The minimum atomic E-state index is 0.0344. The van der Waals surface area contributed by atoms with Gasteiger partial charge in [0.1, 0.15) is 11.9 Å². The molecule has 3 aromatic rings. The summed E-state index contributed by atoms with van der Waals surface area (Å²) in [5.41, 5.74) is 3.20. The van der Waals surface area contributed by atoms with Crippen LogP contribution in [0.1, 0.15) is 34.3 Å². The molecule has 1 aromatic heterocycles. The Morgan fingerprint density at radius 2 is 1.80 bits per heavy atom. The number of carbonyl (C=O) groups is 1. The Kier molecular flexibility index (Phi) is 6.05. The van der Waals surface area contributed by atoms with E-state index in [1.807, 2.05) is 29.2 Å². The summed E-state index contributed by atoms with van der Waals surface area (Å²) in [7, 11) is 0. The number of nitriles is 1. The summed E-state index contributed by atoms with van der Waals surface area (Å²) < 4.78 is 0. The number of piperidine rings is 1. The normalized spacial score (nSPS) is 14.2. The van der Waals surface area contributed by atoms with Gasteiger partial charge in [-0.1, -0.05) is 42.5 Å². The topological polar surface area (TPSA) is 69.0 Å². The van der Waals surface area contributed by atoms with Crippen LogP contribution < -0.4 is 5.32 Å². The van der Waals surface area contributed by atoms with Gasteiger partial charge in [0.15, 0.2) is 0 Å². The monoisotopic (exact) mass is 396 g/mol. The molecule has 2 heterocycles. The molecule has 2 aromatic carbocycles. The molecule has 150 valence electrons. The number of benzene rings is 2. The van der Waals surface area contributed by atoms with E-state index in [2.05, 4.69) is 40.6 Å². The summed E-state index contributed by atoms with van der Waals surface area (Å²) in [5.74, 6) is 1.21.